The van der Waals surface area contributed by atoms with Gasteiger partial charge in [-0.1, -0.05) is 12.1 Å². The molecule has 0 spiro atoms. The number of rotatable bonds is 6. The molecule has 0 radical (unpaired) electrons. The van der Waals surface area contributed by atoms with Gasteiger partial charge in [-0.2, -0.15) is 10.4 Å². The highest BCUT2D eigenvalue weighted by Gasteiger charge is 2.58. The van der Waals surface area contributed by atoms with Crippen LogP contribution in [0.1, 0.15) is 37.8 Å². The van der Waals surface area contributed by atoms with Crippen LogP contribution in [0.15, 0.2) is 48.8 Å². The average molecular weight is 586 g/mol. The van der Waals surface area contributed by atoms with E-state index < -0.39 is 57.5 Å². The topological polar surface area (TPSA) is 142 Å². The fraction of sp³-hybridized carbons (Fsp3) is 0.429. The molecule has 1 aromatic carbocycles. The molecule has 13 heteroatoms. The summed E-state index contributed by atoms with van der Waals surface area (Å²) in [6.07, 6.45) is 1.21. The molecule has 2 fully saturated rings. The first kappa shape index (κ1) is 28.6. The molecule has 3 aromatic rings. The van der Waals surface area contributed by atoms with Gasteiger partial charge in [-0.25, -0.2) is 27.0 Å². The fourth-order valence-electron chi connectivity index (χ4n) is 5.99. The largest absolute Gasteiger partial charge is 0.370 e. The molecule has 5 rings (SSSR count). The Morgan fingerprint density at radius 1 is 1.22 bits per heavy atom. The van der Waals surface area contributed by atoms with Crippen LogP contribution < -0.4 is 10.6 Å². The van der Waals surface area contributed by atoms with E-state index in [1.165, 1.54) is 36.1 Å². The van der Waals surface area contributed by atoms with Crippen LogP contribution in [0.2, 0.25) is 0 Å². The van der Waals surface area contributed by atoms with E-state index in [1.807, 2.05) is 23.1 Å². The average Bonchev–Trinajstić information content (AvgIpc) is 3.37. The lowest BCUT2D eigenvalue weighted by Crippen LogP contribution is -2.52. The zero-order chi connectivity index (χ0) is 29.6. The number of alkyl halides is 2. The Bertz CT molecular complexity index is 1600. The lowest BCUT2D eigenvalue weighted by Gasteiger charge is -2.45. The number of nitrogens with one attached hydrogen (secondary N) is 1. The van der Waals surface area contributed by atoms with Gasteiger partial charge in [-0.15, -0.1) is 0 Å². The maximum absolute atomic E-state index is 15.0. The summed E-state index contributed by atoms with van der Waals surface area (Å²) in [7, 11) is -2.57. The summed E-state index contributed by atoms with van der Waals surface area (Å²) in [5.74, 6) is -6.50. The van der Waals surface area contributed by atoms with Gasteiger partial charge in [-0.05, 0) is 43.2 Å². The highest BCUT2D eigenvalue weighted by atomic mass is 32.2. The number of hydrogen-bond acceptors (Lipinski definition) is 7. The predicted molar refractivity (Wildman–Crippen MR) is 148 cm³/mol. The van der Waals surface area contributed by atoms with E-state index in [0.717, 1.165) is 5.69 Å². The molecule has 2 unspecified atom stereocenters. The number of nitrogens with two attached hydrogens (primary N) is 1. The minimum Gasteiger partial charge on any atom is -0.370 e. The second-order valence-corrected chi connectivity index (χ2v) is 13.2. The zero-order valence-corrected chi connectivity index (χ0v) is 23.2. The van der Waals surface area contributed by atoms with Crippen molar-refractivity contribution < 1.29 is 22.2 Å². The second-order valence-electron chi connectivity index (χ2n) is 10.8. The van der Waals surface area contributed by atoms with Crippen molar-refractivity contribution in [1.29, 1.82) is 10.0 Å². The first-order valence-electron chi connectivity index (χ1n) is 13.2. The quantitative estimate of drug-likeness (QED) is 0.437. The maximum atomic E-state index is 15.0. The van der Waals surface area contributed by atoms with Crippen LogP contribution in [0.5, 0.6) is 0 Å². The van der Waals surface area contributed by atoms with E-state index in [1.54, 1.807) is 12.1 Å². The van der Waals surface area contributed by atoms with Crippen LogP contribution in [0.3, 0.4) is 0 Å². The van der Waals surface area contributed by atoms with Crippen LogP contribution in [0.4, 0.5) is 18.9 Å². The third kappa shape index (κ3) is 5.28. The molecule has 1 amide bonds. The highest BCUT2D eigenvalue weighted by Crippen LogP contribution is 2.57. The number of amides is 1. The van der Waals surface area contributed by atoms with Crippen molar-refractivity contribution in [3.8, 4) is 23.0 Å². The van der Waals surface area contributed by atoms with Gasteiger partial charge in [-0.3, -0.25) is 9.57 Å². The van der Waals surface area contributed by atoms with Crippen molar-refractivity contribution in [2.75, 3.05) is 29.5 Å². The van der Waals surface area contributed by atoms with Crippen LogP contribution in [-0.4, -0.2) is 55.4 Å². The molecule has 41 heavy (non-hydrogen) atoms. The minimum atomic E-state index is -3.13. The van der Waals surface area contributed by atoms with Gasteiger partial charge in [0.15, 0.2) is 11.6 Å². The molecule has 3 N–H and O–H groups in total. The van der Waals surface area contributed by atoms with Crippen molar-refractivity contribution in [3.05, 3.63) is 60.3 Å². The minimum absolute atomic E-state index is 0.106. The Labute approximate surface area is 236 Å². The van der Waals surface area contributed by atoms with Crippen molar-refractivity contribution >= 4 is 21.3 Å². The number of anilines is 1. The van der Waals surface area contributed by atoms with Crippen molar-refractivity contribution in [1.82, 2.24) is 14.8 Å². The molecular weight excluding hydrogens is 555 g/mol. The van der Waals surface area contributed by atoms with Gasteiger partial charge >= 0.3 is 0 Å². The standard InChI is InChI=1S/C28H30F3N7O2S/c1-18(16-32)28(26(33)39)9-8-27(30,31)15-22(28)24-21(17-38(36-24)25-23(29)3-2-10-35-25)19-4-6-20(7-5-19)37-11-13-41(34,40)14-12-37/h2-7,10,17-18,22,34H,8-9,11-15H2,1H3,(H2,33,39)/t18-,22?,28?/m1/s1. The molecule has 1 saturated heterocycles. The Morgan fingerprint density at radius 3 is 2.51 bits per heavy atom. The molecule has 3 heterocycles. The number of hydrogen-bond donors (Lipinski definition) is 2. The summed E-state index contributed by atoms with van der Waals surface area (Å²) in [6, 6.07) is 11.8. The van der Waals surface area contributed by atoms with Crippen LogP contribution >= 0.6 is 0 Å². The third-order valence-corrected chi connectivity index (χ3v) is 10.1. The van der Waals surface area contributed by atoms with Crippen molar-refractivity contribution in [2.24, 2.45) is 17.1 Å². The van der Waals surface area contributed by atoms with Gasteiger partial charge in [0.2, 0.25) is 11.8 Å². The summed E-state index contributed by atoms with van der Waals surface area (Å²) in [6.45, 7) is 2.43. The summed E-state index contributed by atoms with van der Waals surface area (Å²) >= 11 is 0. The predicted octanol–water partition coefficient (Wildman–Crippen LogP) is 4.47. The van der Waals surface area contributed by atoms with E-state index >= 15 is 0 Å². The lowest BCUT2D eigenvalue weighted by molar-refractivity contribution is -0.142. The molecule has 2 aromatic heterocycles. The number of primary amides is 1. The molecule has 9 nitrogen and oxygen atoms in total. The molecule has 1 aliphatic heterocycles. The number of pyridine rings is 1. The lowest BCUT2D eigenvalue weighted by atomic mass is 9.57. The fourth-order valence-corrected chi connectivity index (χ4v) is 7.22. The molecule has 3 atom stereocenters. The summed E-state index contributed by atoms with van der Waals surface area (Å²) < 4.78 is 65.8. The van der Waals surface area contributed by atoms with Crippen LogP contribution in [0.25, 0.3) is 16.9 Å². The van der Waals surface area contributed by atoms with Crippen molar-refractivity contribution in [2.45, 2.75) is 38.0 Å². The number of nitriles is 1. The Morgan fingerprint density at radius 2 is 1.90 bits per heavy atom. The SMILES string of the molecule is C[C@H](C#N)C1(C(N)=O)CCC(F)(F)CC1c1nn(-c2ncccc2F)cc1-c1ccc(N2CCS(=N)(=O)CC2)cc1. The summed E-state index contributed by atoms with van der Waals surface area (Å²) in [4.78, 5) is 19.1. The normalized spacial score (nSPS) is 24.4. The van der Waals surface area contributed by atoms with E-state index in [4.69, 9.17) is 10.5 Å². The molecule has 2 aliphatic rings. The Hall–Kier alpha value is -3.92. The maximum Gasteiger partial charge on any atom is 0.248 e. The number of halogens is 3. The van der Waals surface area contributed by atoms with Gasteiger partial charge in [0.05, 0.1) is 23.1 Å². The smallest absolute Gasteiger partial charge is 0.248 e. The monoisotopic (exact) mass is 585 g/mol. The molecular formula is C28H30F3N7O2S. The van der Waals surface area contributed by atoms with Crippen molar-refractivity contribution in [3.63, 3.8) is 0 Å². The Balaban J connectivity index is 1.65. The van der Waals surface area contributed by atoms with Gasteiger partial charge in [0.1, 0.15) is 0 Å². The van der Waals surface area contributed by atoms with Gasteiger partial charge < -0.3 is 10.6 Å². The summed E-state index contributed by atoms with van der Waals surface area (Å²) in [5.41, 5.74) is 6.14. The van der Waals surface area contributed by atoms with E-state index in [-0.39, 0.29) is 29.4 Å². The molecule has 0 bridgehead atoms. The van der Waals surface area contributed by atoms with E-state index in [2.05, 4.69) is 10.1 Å². The molecule has 1 aliphatic carbocycles. The third-order valence-electron chi connectivity index (χ3n) is 8.41. The van der Waals surface area contributed by atoms with Gasteiger partial charge in [0, 0.05) is 76.7 Å². The summed E-state index contributed by atoms with van der Waals surface area (Å²) in [5, 5.41) is 14.4. The number of nitrogens with zero attached hydrogens (tertiary/aromatic N) is 5. The number of carbonyl (C=O) groups excluding carboxylic acids is 1. The molecule has 1 saturated carbocycles. The Kier molecular flexibility index (Phi) is 7.31. The first-order chi connectivity index (χ1) is 19.4. The van der Waals surface area contributed by atoms with Crippen LogP contribution in [-0.2, 0) is 14.5 Å². The first-order valence-corrected chi connectivity index (χ1v) is 15.1. The highest BCUT2D eigenvalue weighted by molar-refractivity contribution is 7.92. The van der Waals surface area contributed by atoms with Gasteiger partial charge in [0.25, 0.3) is 0 Å². The zero-order valence-electron chi connectivity index (χ0n) is 22.4. The number of aromatic nitrogens is 3. The second kappa shape index (κ2) is 10.5. The molecule has 216 valence electrons. The van der Waals surface area contributed by atoms with Crippen LogP contribution in [0, 0.1) is 33.3 Å². The van der Waals surface area contributed by atoms with E-state index in [0.29, 0.717) is 24.2 Å². The number of carbonyl (C=O) groups is 1. The van der Waals surface area contributed by atoms with E-state index in [9.17, 15) is 27.4 Å². The number of benzene rings is 1.